The molecule has 14 heavy (non-hydrogen) atoms. The van der Waals surface area contributed by atoms with Gasteiger partial charge in [-0.05, 0) is 40.3 Å². The van der Waals surface area contributed by atoms with Crippen molar-refractivity contribution in [1.82, 2.24) is 0 Å². The topological polar surface area (TPSA) is 76.8 Å². The average Bonchev–Trinajstić information content (AvgIpc) is 2.03. The van der Waals surface area contributed by atoms with E-state index < -0.39 is 0 Å². The minimum absolute atomic E-state index is 0. The Morgan fingerprint density at radius 2 is 2.07 bits per heavy atom. The number of rotatable bonds is 2. The molecule has 0 saturated heterocycles. The van der Waals surface area contributed by atoms with Crippen LogP contribution in [0.25, 0.3) is 0 Å². The molecule has 0 fully saturated rings. The lowest BCUT2D eigenvalue weighted by Crippen LogP contribution is -2.21. The Bertz CT molecular complexity index is 347. The van der Waals surface area contributed by atoms with E-state index in [1.54, 1.807) is 6.21 Å². The van der Waals surface area contributed by atoms with E-state index in [-0.39, 0.29) is 18.4 Å². The van der Waals surface area contributed by atoms with Crippen LogP contribution in [-0.4, -0.2) is 12.2 Å². The van der Waals surface area contributed by atoms with Crippen LogP contribution in [0.2, 0.25) is 0 Å². The predicted molar refractivity (Wildman–Crippen MR) is 69.8 cm³/mol. The van der Waals surface area contributed by atoms with Crippen LogP contribution in [0.5, 0.6) is 0 Å². The summed E-state index contributed by atoms with van der Waals surface area (Å²) in [6.45, 7) is 0. The summed E-state index contributed by atoms with van der Waals surface area (Å²) in [5.41, 5.74) is 11.2. The number of guanidine groups is 1. The Hall–Kier alpha value is -0.820. The summed E-state index contributed by atoms with van der Waals surface area (Å²) in [6.07, 6.45) is 1.60. The molecule has 0 aliphatic carbocycles. The molecule has 0 saturated carbocycles. The molecule has 6 heteroatoms. The van der Waals surface area contributed by atoms with Crippen LogP contribution in [0.3, 0.4) is 0 Å². The summed E-state index contributed by atoms with van der Waals surface area (Å²) < 4.78 is 1.14. The standard InChI is InChI=1S/C8H9IN4.ClH/c9-7-3-1-2-6(4-7)5-12-13-8(10)11;/h1-5H,(H4,10,11,13);1H. The molecule has 76 valence electrons. The van der Waals surface area contributed by atoms with Crippen molar-refractivity contribution in [3.05, 3.63) is 33.4 Å². The van der Waals surface area contributed by atoms with E-state index in [0.717, 1.165) is 9.13 Å². The molecule has 0 heterocycles. The van der Waals surface area contributed by atoms with Crippen LogP contribution >= 0.6 is 35.0 Å². The van der Waals surface area contributed by atoms with Gasteiger partial charge in [0.15, 0.2) is 0 Å². The first kappa shape index (κ1) is 13.2. The number of hydrogen-bond acceptors (Lipinski definition) is 2. The van der Waals surface area contributed by atoms with E-state index in [9.17, 15) is 0 Å². The molecule has 0 spiro atoms. The quantitative estimate of drug-likeness (QED) is 0.372. The summed E-state index contributed by atoms with van der Waals surface area (Å²) in [5.74, 6) is -0.0399. The van der Waals surface area contributed by atoms with Gasteiger partial charge >= 0.3 is 0 Å². The molecule has 0 atom stereocenters. The van der Waals surface area contributed by atoms with Crippen molar-refractivity contribution in [3.63, 3.8) is 0 Å². The van der Waals surface area contributed by atoms with Gasteiger partial charge in [-0.3, -0.25) is 0 Å². The van der Waals surface area contributed by atoms with Gasteiger partial charge in [0.2, 0.25) is 5.96 Å². The smallest absolute Gasteiger partial charge is 0.211 e. The van der Waals surface area contributed by atoms with Gasteiger partial charge in [-0.25, -0.2) is 0 Å². The largest absolute Gasteiger partial charge is 0.369 e. The van der Waals surface area contributed by atoms with Crippen molar-refractivity contribution < 1.29 is 0 Å². The molecule has 0 unspecified atom stereocenters. The summed E-state index contributed by atoms with van der Waals surface area (Å²) >= 11 is 2.22. The zero-order chi connectivity index (χ0) is 9.68. The van der Waals surface area contributed by atoms with Crippen LogP contribution in [0.4, 0.5) is 0 Å². The molecule has 4 nitrogen and oxygen atoms in total. The maximum Gasteiger partial charge on any atom is 0.211 e. The Morgan fingerprint density at radius 3 is 2.64 bits per heavy atom. The summed E-state index contributed by atoms with van der Waals surface area (Å²) in [5, 5.41) is 7.18. The molecular formula is C8H10ClIN4. The first-order valence-corrected chi connectivity index (χ1v) is 4.64. The summed E-state index contributed by atoms with van der Waals surface area (Å²) in [4.78, 5) is 0. The van der Waals surface area contributed by atoms with Crippen LogP contribution in [0.1, 0.15) is 5.56 Å². The van der Waals surface area contributed by atoms with E-state index >= 15 is 0 Å². The predicted octanol–water partition coefficient (Wildman–Crippen LogP) is 1.32. The molecule has 4 N–H and O–H groups in total. The fraction of sp³-hybridized carbons (Fsp3) is 0. The van der Waals surface area contributed by atoms with Crippen molar-refractivity contribution in [2.75, 3.05) is 0 Å². The Kier molecular flexibility index (Phi) is 6.22. The van der Waals surface area contributed by atoms with E-state index in [2.05, 4.69) is 32.8 Å². The van der Waals surface area contributed by atoms with Crippen molar-refractivity contribution >= 4 is 47.2 Å². The van der Waals surface area contributed by atoms with Gasteiger partial charge in [0.1, 0.15) is 0 Å². The number of halogens is 2. The lowest BCUT2D eigenvalue weighted by atomic mass is 10.2. The molecule has 0 aliphatic heterocycles. The summed E-state index contributed by atoms with van der Waals surface area (Å²) in [7, 11) is 0. The second-order valence-electron chi connectivity index (χ2n) is 2.32. The zero-order valence-corrected chi connectivity index (χ0v) is 10.2. The second kappa shape index (κ2) is 6.61. The van der Waals surface area contributed by atoms with Crippen molar-refractivity contribution in [2.45, 2.75) is 0 Å². The molecule has 1 aromatic carbocycles. The first-order valence-electron chi connectivity index (χ1n) is 3.56. The number of hydrogen-bond donors (Lipinski definition) is 2. The highest BCUT2D eigenvalue weighted by molar-refractivity contribution is 14.1. The van der Waals surface area contributed by atoms with E-state index in [1.807, 2.05) is 24.3 Å². The van der Waals surface area contributed by atoms with Gasteiger partial charge in [0.05, 0.1) is 6.21 Å². The average molecular weight is 325 g/mol. The maximum absolute atomic E-state index is 5.10. The van der Waals surface area contributed by atoms with Crippen molar-refractivity contribution in [1.29, 1.82) is 0 Å². The highest BCUT2D eigenvalue weighted by Crippen LogP contribution is 2.05. The van der Waals surface area contributed by atoms with Crippen LogP contribution in [0.15, 0.2) is 34.5 Å². The monoisotopic (exact) mass is 324 g/mol. The van der Waals surface area contributed by atoms with E-state index in [0.29, 0.717) is 0 Å². The second-order valence-corrected chi connectivity index (χ2v) is 3.57. The molecular weight excluding hydrogens is 314 g/mol. The SMILES string of the molecule is Cl.NC(N)=NN=Cc1cccc(I)c1. The third-order valence-corrected chi connectivity index (χ3v) is 1.90. The molecule has 0 amide bonds. The number of benzene rings is 1. The van der Waals surface area contributed by atoms with Crippen molar-refractivity contribution in [2.24, 2.45) is 21.7 Å². The lowest BCUT2D eigenvalue weighted by molar-refractivity contribution is 1.21. The van der Waals surface area contributed by atoms with Crippen LogP contribution in [0, 0.1) is 3.57 Å². The zero-order valence-electron chi connectivity index (χ0n) is 7.22. The molecule has 0 aliphatic rings. The third kappa shape index (κ3) is 5.03. The van der Waals surface area contributed by atoms with Gasteiger partial charge in [-0.15, -0.1) is 17.5 Å². The van der Waals surface area contributed by atoms with Gasteiger partial charge in [0, 0.05) is 3.57 Å². The van der Waals surface area contributed by atoms with Crippen LogP contribution < -0.4 is 11.5 Å². The van der Waals surface area contributed by atoms with Gasteiger partial charge in [0.25, 0.3) is 0 Å². The molecule has 1 rings (SSSR count). The Balaban J connectivity index is 0.00000169. The molecule has 0 bridgehead atoms. The van der Waals surface area contributed by atoms with Gasteiger partial charge in [-0.1, -0.05) is 12.1 Å². The summed E-state index contributed by atoms with van der Waals surface area (Å²) in [6, 6.07) is 7.84. The third-order valence-electron chi connectivity index (χ3n) is 1.23. The van der Waals surface area contributed by atoms with Crippen LogP contribution in [-0.2, 0) is 0 Å². The minimum Gasteiger partial charge on any atom is -0.369 e. The molecule has 0 aromatic heterocycles. The maximum atomic E-state index is 5.10. The van der Waals surface area contributed by atoms with E-state index in [1.165, 1.54) is 0 Å². The first-order chi connectivity index (χ1) is 6.18. The highest BCUT2D eigenvalue weighted by Gasteiger charge is 1.88. The normalized spacial score (nSPS) is 9.50. The number of nitrogens with zero attached hydrogens (tertiary/aromatic N) is 2. The molecule has 0 radical (unpaired) electrons. The fourth-order valence-corrected chi connectivity index (χ4v) is 1.32. The van der Waals surface area contributed by atoms with Crippen molar-refractivity contribution in [3.8, 4) is 0 Å². The Labute approximate surface area is 102 Å². The van der Waals surface area contributed by atoms with Gasteiger partial charge in [-0.2, -0.15) is 5.10 Å². The van der Waals surface area contributed by atoms with Gasteiger partial charge < -0.3 is 11.5 Å². The number of nitrogens with two attached hydrogens (primary N) is 2. The highest BCUT2D eigenvalue weighted by atomic mass is 127. The van der Waals surface area contributed by atoms with E-state index in [4.69, 9.17) is 11.5 Å². The Morgan fingerprint density at radius 1 is 1.36 bits per heavy atom. The fourth-order valence-electron chi connectivity index (χ4n) is 0.749. The molecule has 1 aromatic rings. The minimum atomic E-state index is -0.0399. The lowest BCUT2D eigenvalue weighted by Gasteiger charge is -1.91.